The predicted octanol–water partition coefficient (Wildman–Crippen LogP) is 4.19. The van der Waals surface area contributed by atoms with E-state index < -0.39 is 0 Å². The molecular formula is C24H25N3O2. The highest BCUT2D eigenvalue weighted by atomic mass is 16.5. The van der Waals surface area contributed by atoms with Crippen molar-refractivity contribution in [3.63, 3.8) is 0 Å². The van der Waals surface area contributed by atoms with Crippen molar-refractivity contribution in [2.75, 3.05) is 49.2 Å². The Hall–Kier alpha value is -2.79. The smallest absolute Gasteiger partial charge is 0.298 e. The highest BCUT2D eigenvalue weighted by Gasteiger charge is 2.27. The number of hydrogen-bond acceptors (Lipinski definition) is 5. The van der Waals surface area contributed by atoms with Crippen LogP contribution < -0.4 is 9.80 Å². The molecule has 148 valence electrons. The molecule has 0 saturated carbocycles. The van der Waals surface area contributed by atoms with Gasteiger partial charge in [0, 0.05) is 31.9 Å². The summed E-state index contributed by atoms with van der Waals surface area (Å²) >= 11 is 0. The van der Waals surface area contributed by atoms with Gasteiger partial charge < -0.3 is 19.0 Å². The lowest BCUT2D eigenvalue weighted by Crippen LogP contribution is -2.36. The van der Waals surface area contributed by atoms with Crippen LogP contribution in [0.3, 0.4) is 0 Å². The first-order valence-corrected chi connectivity index (χ1v) is 10.5. The van der Waals surface area contributed by atoms with Crippen LogP contribution in [0, 0.1) is 6.92 Å². The first-order chi connectivity index (χ1) is 14.2. The van der Waals surface area contributed by atoms with E-state index in [1.54, 1.807) is 5.57 Å². The molecule has 5 nitrogen and oxygen atoms in total. The molecule has 0 N–H and O–H groups in total. The van der Waals surface area contributed by atoms with E-state index in [0.29, 0.717) is 6.01 Å². The Balaban J connectivity index is 1.29. The molecule has 6 rings (SSSR count). The number of fused-ring (bicyclic) bond motifs is 3. The second-order valence-electron chi connectivity index (χ2n) is 8.34. The molecular weight excluding hydrogens is 362 g/mol. The third-order valence-corrected chi connectivity index (χ3v) is 6.46. The molecule has 2 aliphatic heterocycles. The topological polar surface area (TPSA) is 41.7 Å². The van der Waals surface area contributed by atoms with Crippen LogP contribution in [0.5, 0.6) is 0 Å². The van der Waals surface area contributed by atoms with Crippen molar-refractivity contribution in [2.45, 2.75) is 19.8 Å². The number of aromatic nitrogens is 1. The van der Waals surface area contributed by atoms with Crippen LogP contribution in [0.25, 0.3) is 16.7 Å². The zero-order valence-electron chi connectivity index (χ0n) is 16.8. The molecule has 0 atom stereocenters. The minimum atomic E-state index is 0.712. The number of morpholine rings is 1. The SMILES string of the molecule is Cc1ccc2c(c1)C1=C(CCN(c3ccc4oc(N5CCOCC5)nc4c3)C1)C2. The monoisotopic (exact) mass is 387 g/mol. The Bertz CT molecular complexity index is 1120. The summed E-state index contributed by atoms with van der Waals surface area (Å²) in [6, 6.07) is 14.0. The van der Waals surface area contributed by atoms with Gasteiger partial charge in [-0.25, -0.2) is 0 Å². The van der Waals surface area contributed by atoms with E-state index >= 15 is 0 Å². The second-order valence-corrected chi connectivity index (χ2v) is 8.34. The summed E-state index contributed by atoms with van der Waals surface area (Å²) in [5.74, 6) is 0. The number of oxazole rings is 1. The van der Waals surface area contributed by atoms with Gasteiger partial charge in [0.25, 0.3) is 6.01 Å². The number of aryl methyl sites for hydroxylation is 1. The maximum Gasteiger partial charge on any atom is 0.298 e. The van der Waals surface area contributed by atoms with Crippen molar-refractivity contribution in [3.05, 3.63) is 58.7 Å². The van der Waals surface area contributed by atoms with Crippen molar-refractivity contribution in [2.24, 2.45) is 0 Å². The van der Waals surface area contributed by atoms with Crippen LogP contribution >= 0.6 is 0 Å². The molecule has 1 saturated heterocycles. The molecule has 0 radical (unpaired) electrons. The van der Waals surface area contributed by atoms with Crippen LogP contribution in [0.2, 0.25) is 0 Å². The Labute approximate surface area is 170 Å². The predicted molar refractivity (Wildman–Crippen MR) is 116 cm³/mol. The molecule has 3 aromatic rings. The second kappa shape index (κ2) is 6.63. The molecule has 1 aliphatic carbocycles. The zero-order valence-corrected chi connectivity index (χ0v) is 16.8. The van der Waals surface area contributed by atoms with E-state index in [0.717, 1.165) is 63.3 Å². The number of benzene rings is 2. The standard InChI is InChI=1S/C24H25N3O2/c1-16-2-3-17-13-18-6-7-27(15-21(18)20(17)12-16)19-4-5-23-22(14-19)25-24(29-23)26-8-10-28-11-9-26/h2-5,12,14H,6-11,13,15H2,1H3. The molecule has 0 amide bonds. The van der Waals surface area contributed by atoms with Gasteiger partial charge in [-0.1, -0.05) is 29.3 Å². The van der Waals surface area contributed by atoms with E-state index in [1.165, 1.54) is 28.0 Å². The van der Waals surface area contributed by atoms with Gasteiger partial charge in [-0.05, 0) is 54.7 Å². The zero-order chi connectivity index (χ0) is 19.4. The van der Waals surface area contributed by atoms with Crippen molar-refractivity contribution in [1.29, 1.82) is 0 Å². The maximum atomic E-state index is 6.01. The van der Waals surface area contributed by atoms with Crippen molar-refractivity contribution in [3.8, 4) is 0 Å². The fourth-order valence-corrected chi connectivity index (χ4v) is 4.84. The van der Waals surface area contributed by atoms with Gasteiger partial charge in [0.2, 0.25) is 0 Å². The number of ether oxygens (including phenoxy) is 1. The number of nitrogens with zero attached hydrogens (tertiary/aromatic N) is 3. The molecule has 5 heteroatoms. The average Bonchev–Trinajstić information content (AvgIpc) is 3.34. The lowest BCUT2D eigenvalue weighted by molar-refractivity contribution is 0.120. The van der Waals surface area contributed by atoms with Gasteiger partial charge in [-0.15, -0.1) is 0 Å². The lowest BCUT2D eigenvalue weighted by atomic mass is 9.99. The van der Waals surface area contributed by atoms with Crippen molar-refractivity contribution < 1.29 is 9.15 Å². The molecule has 3 heterocycles. The minimum absolute atomic E-state index is 0.712. The van der Waals surface area contributed by atoms with Gasteiger partial charge in [0.05, 0.1) is 13.2 Å². The van der Waals surface area contributed by atoms with E-state index in [9.17, 15) is 0 Å². The van der Waals surface area contributed by atoms with Crippen molar-refractivity contribution in [1.82, 2.24) is 4.98 Å². The third kappa shape index (κ3) is 2.92. The quantitative estimate of drug-likeness (QED) is 0.659. The van der Waals surface area contributed by atoms with E-state index in [2.05, 4.69) is 53.1 Å². The van der Waals surface area contributed by atoms with Gasteiger partial charge in [0.1, 0.15) is 5.52 Å². The Morgan fingerprint density at radius 3 is 2.76 bits per heavy atom. The number of anilines is 2. The lowest BCUT2D eigenvalue weighted by Gasteiger charge is -2.30. The molecule has 0 bridgehead atoms. The molecule has 3 aliphatic rings. The first kappa shape index (κ1) is 17.1. The summed E-state index contributed by atoms with van der Waals surface area (Å²) in [4.78, 5) is 9.42. The Morgan fingerprint density at radius 2 is 1.86 bits per heavy atom. The van der Waals surface area contributed by atoms with Gasteiger partial charge >= 0.3 is 0 Å². The molecule has 0 spiro atoms. The molecule has 0 unspecified atom stereocenters. The van der Waals surface area contributed by atoms with Crippen LogP contribution in [-0.2, 0) is 11.2 Å². The van der Waals surface area contributed by atoms with Crippen LogP contribution in [0.1, 0.15) is 23.1 Å². The van der Waals surface area contributed by atoms with E-state index in [1.807, 2.05) is 0 Å². The van der Waals surface area contributed by atoms with E-state index in [-0.39, 0.29) is 0 Å². The summed E-state index contributed by atoms with van der Waals surface area (Å²) in [6.07, 6.45) is 2.27. The fraction of sp³-hybridized carbons (Fsp3) is 0.375. The van der Waals surface area contributed by atoms with Crippen LogP contribution in [-0.4, -0.2) is 44.4 Å². The number of hydrogen-bond donors (Lipinski definition) is 0. The molecule has 2 aromatic carbocycles. The third-order valence-electron chi connectivity index (χ3n) is 6.46. The highest BCUT2D eigenvalue weighted by Crippen LogP contribution is 2.39. The summed E-state index contributed by atoms with van der Waals surface area (Å²) in [7, 11) is 0. The summed E-state index contributed by atoms with van der Waals surface area (Å²) in [5, 5.41) is 0. The van der Waals surface area contributed by atoms with Crippen molar-refractivity contribution >= 4 is 28.4 Å². The Morgan fingerprint density at radius 1 is 0.966 bits per heavy atom. The normalized spacial score (nSPS) is 19.1. The van der Waals surface area contributed by atoms with Crippen LogP contribution in [0.4, 0.5) is 11.7 Å². The maximum absolute atomic E-state index is 6.01. The summed E-state index contributed by atoms with van der Waals surface area (Å²) in [6.45, 7) is 7.36. The van der Waals surface area contributed by atoms with Crippen LogP contribution in [0.15, 0.2) is 46.4 Å². The molecule has 1 fully saturated rings. The fourth-order valence-electron chi connectivity index (χ4n) is 4.84. The minimum Gasteiger partial charge on any atom is -0.423 e. The first-order valence-electron chi connectivity index (χ1n) is 10.5. The molecule has 1 aromatic heterocycles. The average molecular weight is 387 g/mol. The number of rotatable bonds is 2. The van der Waals surface area contributed by atoms with Gasteiger partial charge in [0.15, 0.2) is 5.58 Å². The van der Waals surface area contributed by atoms with E-state index in [4.69, 9.17) is 14.1 Å². The van der Waals surface area contributed by atoms with Gasteiger partial charge in [-0.2, -0.15) is 4.98 Å². The Kier molecular flexibility index (Phi) is 3.91. The highest BCUT2D eigenvalue weighted by molar-refractivity contribution is 5.83. The summed E-state index contributed by atoms with van der Waals surface area (Å²) in [5.41, 5.74) is 10.5. The molecule has 29 heavy (non-hydrogen) atoms. The van der Waals surface area contributed by atoms with Gasteiger partial charge in [-0.3, -0.25) is 0 Å². The summed E-state index contributed by atoms with van der Waals surface area (Å²) < 4.78 is 11.4. The largest absolute Gasteiger partial charge is 0.423 e.